The van der Waals surface area contributed by atoms with Gasteiger partial charge in [0.05, 0.1) is 0 Å². The highest BCUT2D eigenvalue weighted by Crippen LogP contribution is 2.19. The summed E-state index contributed by atoms with van der Waals surface area (Å²) < 4.78 is 13.9. The molecule has 0 saturated carbocycles. The molecule has 0 aliphatic carbocycles. The molecule has 0 fully saturated rings. The minimum atomic E-state index is -0.304. The molecule has 19 heavy (non-hydrogen) atoms. The van der Waals surface area contributed by atoms with Crippen molar-refractivity contribution >= 4 is 5.91 Å². The maximum absolute atomic E-state index is 13.9. The van der Waals surface area contributed by atoms with Gasteiger partial charge in [-0.3, -0.25) is 4.79 Å². The molecule has 0 radical (unpaired) electrons. The number of hydrogen-bond acceptors (Lipinski definition) is 2. The van der Waals surface area contributed by atoms with Crippen molar-refractivity contribution in [3.8, 4) is 0 Å². The summed E-state index contributed by atoms with van der Waals surface area (Å²) in [4.78, 5) is 15.8. The van der Waals surface area contributed by atoms with Gasteiger partial charge in [0.2, 0.25) is 0 Å². The lowest BCUT2D eigenvalue weighted by Crippen LogP contribution is -2.33. The molecule has 0 aliphatic heterocycles. The average molecular weight is 266 g/mol. The number of carbonyl (C=O) groups excluding carboxylic acids is 1. The molecule has 1 aromatic rings. The second-order valence-corrected chi connectivity index (χ2v) is 5.42. The number of rotatable bonds is 5. The van der Waals surface area contributed by atoms with E-state index in [1.165, 1.54) is 6.07 Å². The van der Waals surface area contributed by atoms with Crippen molar-refractivity contribution in [3.63, 3.8) is 0 Å². The molecule has 0 aromatic heterocycles. The summed E-state index contributed by atoms with van der Waals surface area (Å²) in [6.45, 7) is 5.28. The molecule has 1 aromatic carbocycles. The zero-order chi connectivity index (χ0) is 14.6. The first-order valence-corrected chi connectivity index (χ1v) is 6.52. The fraction of sp³-hybridized carbons (Fsp3) is 0.533. The Morgan fingerprint density at radius 2 is 1.84 bits per heavy atom. The minimum Gasteiger partial charge on any atom is -0.340 e. The van der Waals surface area contributed by atoms with E-state index in [1.54, 1.807) is 24.1 Å². The first-order chi connectivity index (χ1) is 8.82. The lowest BCUT2D eigenvalue weighted by Gasteiger charge is -2.20. The number of benzene rings is 1. The predicted molar refractivity (Wildman–Crippen MR) is 76.0 cm³/mol. The molecule has 1 amide bonds. The molecular weight excluding hydrogens is 243 g/mol. The summed E-state index contributed by atoms with van der Waals surface area (Å²) in [5.74, 6) is -0.325. The number of amides is 1. The van der Waals surface area contributed by atoms with Crippen molar-refractivity contribution in [1.82, 2.24) is 9.80 Å². The summed E-state index contributed by atoms with van der Waals surface area (Å²) in [6, 6.07) is 4.74. The molecule has 0 spiro atoms. The molecular formula is C15H23FN2O. The van der Waals surface area contributed by atoms with Crippen molar-refractivity contribution in [3.05, 3.63) is 35.1 Å². The van der Waals surface area contributed by atoms with Gasteiger partial charge in [0.25, 0.3) is 5.91 Å². The second kappa shape index (κ2) is 6.66. The van der Waals surface area contributed by atoms with E-state index in [9.17, 15) is 9.18 Å². The summed E-state index contributed by atoms with van der Waals surface area (Å²) in [6.07, 6.45) is 0. The molecule has 3 nitrogen and oxygen atoms in total. The van der Waals surface area contributed by atoms with E-state index in [0.717, 1.165) is 6.54 Å². The zero-order valence-corrected chi connectivity index (χ0v) is 12.4. The molecule has 0 N–H and O–H groups in total. The Morgan fingerprint density at radius 3 is 2.32 bits per heavy atom. The van der Waals surface area contributed by atoms with Gasteiger partial charge in [-0.05, 0) is 37.7 Å². The van der Waals surface area contributed by atoms with Crippen molar-refractivity contribution in [2.45, 2.75) is 19.8 Å². The number of likely N-dealkylation sites (N-methyl/N-ethyl adjacent to an activating group) is 2. The van der Waals surface area contributed by atoms with Crippen molar-refractivity contribution in [2.75, 3.05) is 34.2 Å². The van der Waals surface area contributed by atoms with Gasteiger partial charge in [-0.25, -0.2) is 4.39 Å². The lowest BCUT2D eigenvalue weighted by atomic mass is 10.0. The van der Waals surface area contributed by atoms with E-state index in [0.29, 0.717) is 17.7 Å². The van der Waals surface area contributed by atoms with Crippen LogP contribution in [0, 0.1) is 5.82 Å². The fourth-order valence-electron chi connectivity index (χ4n) is 1.80. The maximum Gasteiger partial charge on any atom is 0.253 e. The van der Waals surface area contributed by atoms with E-state index < -0.39 is 0 Å². The van der Waals surface area contributed by atoms with Crippen LogP contribution in [0.3, 0.4) is 0 Å². The topological polar surface area (TPSA) is 23.6 Å². The highest BCUT2D eigenvalue weighted by Gasteiger charge is 2.15. The Morgan fingerprint density at radius 1 is 1.21 bits per heavy atom. The molecule has 0 atom stereocenters. The summed E-state index contributed by atoms with van der Waals surface area (Å²) in [5, 5.41) is 0. The summed E-state index contributed by atoms with van der Waals surface area (Å²) in [5.41, 5.74) is 1.05. The smallest absolute Gasteiger partial charge is 0.253 e. The lowest BCUT2D eigenvalue weighted by molar-refractivity contribution is 0.0785. The molecule has 0 heterocycles. The Balaban J connectivity index is 2.80. The van der Waals surface area contributed by atoms with Crippen LogP contribution in [0.4, 0.5) is 4.39 Å². The first-order valence-electron chi connectivity index (χ1n) is 6.52. The number of hydrogen-bond donors (Lipinski definition) is 0. The van der Waals surface area contributed by atoms with Crippen LogP contribution in [0.15, 0.2) is 18.2 Å². The Kier molecular flexibility index (Phi) is 5.48. The van der Waals surface area contributed by atoms with Gasteiger partial charge in [-0.15, -0.1) is 0 Å². The zero-order valence-electron chi connectivity index (χ0n) is 12.4. The standard InChI is InChI=1S/C15H23FN2O/c1-11(2)13-7-6-12(10-14(13)16)15(19)18(5)9-8-17(3)4/h6-7,10-11H,8-9H2,1-5H3. The molecule has 0 bridgehead atoms. The molecule has 0 saturated heterocycles. The van der Waals surface area contributed by atoms with E-state index in [4.69, 9.17) is 0 Å². The SMILES string of the molecule is CC(C)c1ccc(C(=O)N(C)CCN(C)C)cc1F. The van der Waals surface area contributed by atoms with Gasteiger partial charge in [-0.2, -0.15) is 0 Å². The number of nitrogens with zero attached hydrogens (tertiary/aromatic N) is 2. The highest BCUT2D eigenvalue weighted by atomic mass is 19.1. The van der Waals surface area contributed by atoms with Crippen LogP contribution in [0.25, 0.3) is 0 Å². The first kappa shape index (κ1) is 15.6. The van der Waals surface area contributed by atoms with Crippen LogP contribution >= 0.6 is 0 Å². The van der Waals surface area contributed by atoms with E-state index in [2.05, 4.69) is 0 Å². The second-order valence-electron chi connectivity index (χ2n) is 5.42. The quantitative estimate of drug-likeness (QED) is 0.818. The van der Waals surface area contributed by atoms with E-state index in [1.807, 2.05) is 32.8 Å². The maximum atomic E-state index is 13.9. The molecule has 106 valence electrons. The van der Waals surface area contributed by atoms with E-state index in [-0.39, 0.29) is 17.6 Å². The highest BCUT2D eigenvalue weighted by molar-refractivity contribution is 5.94. The van der Waals surface area contributed by atoms with Gasteiger partial charge in [0, 0.05) is 25.7 Å². The third kappa shape index (κ3) is 4.31. The predicted octanol–water partition coefficient (Wildman–Crippen LogP) is 2.58. The van der Waals surface area contributed by atoms with Crippen LogP contribution in [-0.2, 0) is 0 Å². The van der Waals surface area contributed by atoms with Crippen LogP contribution in [0.2, 0.25) is 0 Å². The largest absolute Gasteiger partial charge is 0.340 e. The summed E-state index contributed by atoms with van der Waals surface area (Å²) in [7, 11) is 5.64. The van der Waals surface area contributed by atoms with Crippen LogP contribution < -0.4 is 0 Å². The molecule has 1 rings (SSSR count). The normalized spacial score (nSPS) is 11.2. The number of carbonyl (C=O) groups is 1. The van der Waals surface area contributed by atoms with Gasteiger partial charge in [-0.1, -0.05) is 19.9 Å². The van der Waals surface area contributed by atoms with Crippen LogP contribution in [0.1, 0.15) is 35.7 Å². The van der Waals surface area contributed by atoms with Gasteiger partial charge in [0.15, 0.2) is 0 Å². The van der Waals surface area contributed by atoms with Crippen molar-refractivity contribution < 1.29 is 9.18 Å². The van der Waals surface area contributed by atoms with Gasteiger partial charge >= 0.3 is 0 Å². The van der Waals surface area contributed by atoms with Crippen molar-refractivity contribution in [1.29, 1.82) is 0 Å². The Hall–Kier alpha value is -1.42. The minimum absolute atomic E-state index is 0.121. The summed E-state index contributed by atoms with van der Waals surface area (Å²) >= 11 is 0. The number of halogens is 1. The average Bonchev–Trinajstić information content (AvgIpc) is 2.34. The van der Waals surface area contributed by atoms with Crippen molar-refractivity contribution in [2.24, 2.45) is 0 Å². The third-order valence-electron chi connectivity index (χ3n) is 3.10. The van der Waals surface area contributed by atoms with Crippen LogP contribution in [0.5, 0.6) is 0 Å². The molecule has 0 unspecified atom stereocenters. The Bertz CT molecular complexity index is 444. The van der Waals surface area contributed by atoms with E-state index >= 15 is 0 Å². The third-order valence-corrected chi connectivity index (χ3v) is 3.10. The molecule has 0 aliphatic rings. The fourth-order valence-corrected chi connectivity index (χ4v) is 1.80. The van der Waals surface area contributed by atoms with Crippen LogP contribution in [-0.4, -0.2) is 49.9 Å². The monoisotopic (exact) mass is 266 g/mol. The van der Waals surface area contributed by atoms with Gasteiger partial charge in [0.1, 0.15) is 5.82 Å². The van der Waals surface area contributed by atoms with Gasteiger partial charge < -0.3 is 9.80 Å². The molecule has 4 heteroatoms. The Labute approximate surface area is 115 Å².